The largest absolute Gasteiger partial charge is 0.416 e. The molecule has 0 heterocycles. The van der Waals surface area contributed by atoms with Gasteiger partial charge in [0.1, 0.15) is 0 Å². The van der Waals surface area contributed by atoms with Crippen molar-refractivity contribution >= 4 is 6.08 Å². The Balaban J connectivity index is 2.07. The van der Waals surface area contributed by atoms with Gasteiger partial charge in [-0.05, 0) is 40.8 Å². The number of hydrogen-bond acceptors (Lipinski definition) is 0. The third-order valence-electron chi connectivity index (χ3n) is 3.99. The Hall–Kier alpha value is -2.03. The van der Waals surface area contributed by atoms with Crippen LogP contribution in [0.4, 0.5) is 13.2 Å². The van der Waals surface area contributed by atoms with Crippen LogP contribution in [0.3, 0.4) is 0 Å². The first-order valence-corrected chi connectivity index (χ1v) is 6.98. The van der Waals surface area contributed by atoms with E-state index in [9.17, 15) is 13.2 Å². The van der Waals surface area contributed by atoms with Crippen LogP contribution in [0.2, 0.25) is 0 Å². The molecule has 0 saturated heterocycles. The lowest BCUT2D eigenvalue weighted by Gasteiger charge is -2.17. The highest BCUT2D eigenvalue weighted by atomic mass is 19.4. The number of rotatable bonds is 2. The van der Waals surface area contributed by atoms with Crippen molar-refractivity contribution in [2.24, 2.45) is 0 Å². The molecule has 0 bridgehead atoms. The van der Waals surface area contributed by atoms with E-state index in [1.807, 2.05) is 37.3 Å². The summed E-state index contributed by atoms with van der Waals surface area (Å²) in [7, 11) is 0. The lowest BCUT2D eigenvalue weighted by atomic mass is 9.88. The second-order valence-corrected chi connectivity index (χ2v) is 5.23. The van der Waals surface area contributed by atoms with Gasteiger partial charge in [-0.15, -0.1) is 0 Å². The standard InChI is InChI=1S/C18H15F3/c1-2-12-11-14(18(19,20)21)8-10-16(12)17-9-7-13-5-3-4-6-15(13)17/h3-11,17H,2H2,1H3. The summed E-state index contributed by atoms with van der Waals surface area (Å²) in [6.45, 7) is 1.89. The second kappa shape index (κ2) is 5.06. The summed E-state index contributed by atoms with van der Waals surface area (Å²) < 4.78 is 38.5. The number of benzene rings is 2. The van der Waals surface area contributed by atoms with Gasteiger partial charge in [-0.1, -0.05) is 49.4 Å². The SMILES string of the molecule is CCc1cc(C(F)(F)F)ccc1C1C=Cc2ccccc21. The van der Waals surface area contributed by atoms with Gasteiger partial charge in [-0.3, -0.25) is 0 Å². The maximum atomic E-state index is 12.8. The van der Waals surface area contributed by atoms with E-state index in [0.29, 0.717) is 6.42 Å². The van der Waals surface area contributed by atoms with Crippen LogP contribution in [-0.4, -0.2) is 0 Å². The summed E-state index contributed by atoms with van der Waals surface area (Å²) in [5, 5.41) is 0. The van der Waals surface area contributed by atoms with E-state index in [4.69, 9.17) is 0 Å². The topological polar surface area (TPSA) is 0 Å². The Labute approximate surface area is 121 Å². The van der Waals surface area contributed by atoms with Crippen LogP contribution in [0.5, 0.6) is 0 Å². The molecule has 0 amide bonds. The zero-order valence-electron chi connectivity index (χ0n) is 11.6. The first-order valence-electron chi connectivity index (χ1n) is 6.98. The van der Waals surface area contributed by atoms with E-state index in [-0.39, 0.29) is 5.92 Å². The zero-order chi connectivity index (χ0) is 15.0. The number of alkyl halides is 3. The molecule has 1 aliphatic carbocycles. The molecule has 2 aromatic rings. The molecule has 1 unspecified atom stereocenters. The molecule has 0 radical (unpaired) electrons. The first-order chi connectivity index (χ1) is 10.0. The zero-order valence-corrected chi connectivity index (χ0v) is 11.6. The van der Waals surface area contributed by atoms with Gasteiger partial charge >= 0.3 is 6.18 Å². The van der Waals surface area contributed by atoms with Gasteiger partial charge in [0.15, 0.2) is 0 Å². The Morgan fingerprint density at radius 3 is 2.48 bits per heavy atom. The molecular weight excluding hydrogens is 273 g/mol. The van der Waals surface area contributed by atoms with Crippen molar-refractivity contribution in [3.8, 4) is 0 Å². The lowest BCUT2D eigenvalue weighted by Crippen LogP contribution is -2.08. The first kappa shape index (κ1) is 13.9. The third-order valence-corrected chi connectivity index (χ3v) is 3.99. The van der Waals surface area contributed by atoms with Crippen molar-refractivity contribution in [2.45, 2.75) is 25.4 Å². The predicted octanol–water partition coefficient (Wildman–Crippen LogP) is 5.43. The molecule has 21 heavy (non-hydrogen) atoms. The van der Waals surface area contributed by atoms with E-state index in [1.165, 1.54) is 12.1 Å². The Morgan fingerprint density at radius 1 is 1.00 bits per heavy atom. The fraction of sp³-hybridized carbons (Fsp3) is 0.222. The van der Waals surface area contributed by atoms with E-state index < -0.39 is 11.7 Å². The van der Waals surface area contributed by atoms with Crippen LogP contribution in [0.1, 0.15) is 40.7 Å². The third kappa shape index (κ3) is 2.48. The maximum Gasteiger partial charge on any atom is 0.416 e. The average molecular weight is 288 g/mol. The minimum Gasteiger partial charge on any atom is -0.166 e. The monoisotopic (exact) mass is 288 g/mol. The summed E-state index contributed by atoms with van der Waals surface area (Å²) in [6.07, 6.45) is 0.404. The van der Waals surface area contributed by atoms with E-state index in [2.05, 4.69) is 6.08 Å². The van der Waals surface area contributed by atoms with Gasteiger partial charge in [-0.25, -0.2) is 0 Å². The predicted molar refractivity (Wildman–Crippen MR) is 78.1 cm³/mol. The number of fused-ring (bicyclic) bond motifs is 1. The van der Waals surface area contributed by atoms with Crippen LogP contribution in [0.25, 0.3) is 6.08 Å². The Morgan fingerprint density at radius 2 is 1.76 bits per heavy atom. The molecule has 0 saturated carbocycles. The van der Waals surface area contributed by atoms with Gasteiger partial charge in [0, 0.05) is 5.92 Å². The van der Waals surface area contributed by atoms with Crippen LogP contribution >= 0.6 is 0 Å². The molecule has 1 aliphatic rings. The summed E-state index contributed by atoms with van der Waals surface area (Å²) in [6, 6.07) is 12.1. The molecule has 0 fully saturated rings. The van der Waals surface area contributed by atoms with Gasteiger partial charge < -0.3 is 0 Å². The van der Waals surface area contributed by atoms with Gasteiger partial charge in [0.25, 0.3) is 0 Å². The summed E-state index contributed by atoms with van der Waals surface area (Å²) in [5.41, 5.74) is 3.46. The van der Waals surface area contributed by atoms with Crippen molar-refractivity contribution in [1.82, 2.24) is 0 Å². The number of hydrogen-bond donors (Lipinski definition) is 0. The highest BCUT2D eigenvalue weighted by molar-refractivity contribution is 5.65. The number of aryl methyl sites for hydroxylation is 1. The molecule has 0 N–H and O–H groups in total. The molecule has 3 heteroatoms. The number of allylic oxidation sites excluding steroid dienone is 1. The normalized spacial score (nSPS) is 17.0. The molecular formula is C18H15F3. The molecule has 3 rings (SSSR count). The summed E-state index contributed by atoms with van der Waals surface area (Å²) in [4.78, 5) is 0. The smallest absolute Gasteiger partial charge is 0.166 e. The summed E-state index contributed by atoms with van der Waals surface area (Å²) >= 11 is 0. The summed E-state index contributed by atoms with van der Waals surface area (Å²) in [5.74, 6) is 0.0541. The Bertz CT molecular complexity index is 696. The van der Waals surface area contributed by atoms with Gasteiger partial charge in [-0.2, -0.15) is 13.2 Å². The fourth-order valence-corrected chi connectivity index (χ4v) is 2.91. The van der Waals surface area contributed by atoms with E-state index >= 15 is 0 Å². The second-order valence-electron chi connectivity index (χ2n) is 5.23. The van der Waals surface area contributed by atoms with Gasteiger partial charge in [0.2, 0.25) is 0 Å². The number of halogens is 3. The quantitative estimate of drug-likeness (QED) is 0.691. The van der Waals surface area contributed by atoms with Crippen LogP contribution in [0.15, 0.2) is 48.5 Å². The van der Waals surface area contributed by atoms with Gasteiger partial charge in [0.05, 0.1) is 5.56 Å². The van der Waals surface area contributed by atoms with Crippen molar-refractivity contribution < 1.29 is 13.2 Å². The highest BCUT2D eigenvalue weighted by Gasteiger charge is 2.31. The average Bonchev–Trinajstić information content (AvgIpc) is 2.89. The highest BCUT2D eigenvalue weighted by Crippen LogP contribution is 2.39. The lowest BCUT2D eigenvalue weighted by molar-refractivity contribution is -0.137. The molecule has 0 nitrogen and oxygen atoms in total. The Kier molecular flexibility index (Phi) is 3.36. The molecule has 0 aromatic heterocycles. The van der Waals surface area contributed by atoms with Crippen LogP contribution in [-0.2, 0) is 12.6 Å². The van der Waals surface area contributed by atoms with Crippen molar-refractivity contribution in [2.75, 3.05) is 0 Å². The van der Waals surface area contributed by atoms with Crippen LogP contribution < -0.4 is 0 Å². The minimum absolute atomic E-state index is 0.0541. The van der Waals surface area contributed by atoms with Crippen molar-refractivity contribution in [3.05, 3.63) is 76.4 Å². The molecule has 2 aromatic carbocycles. The molecule has 0 aliphatic heterocycles. The fourth-order valence-electron chi connectivity index (χ4n) is 2.91. The molecule has 1 atom stereocenters. The molecule has 0 spiro atoms. The molecule has 108 valence electrons. The van der Waals surface area contributed by atoms with E-state index in [0.717, 1.165) is 22.3 Å². The van der Waals surface area contributed by atoms with E-state index in [1.54, 1.807) is 6.07 Å². The van der Waals surface area contributed by atoms with Crippen molar-refractivity contribution in [3.63, 3.8) is 0 Å². The maximum absolute atomic E-state index is 12.8. The van der Waals surface area contributed by atoms with Crippen LogP contribution in [0, 0.1) is 0 Å². The minimum atomic E-state index is -4.29. The van der Waals surface area contributed by atoms with Crippen molar-refractivity contribution in [1.29, 1.82) is 0 Å².